The van der Waals surface area contributed by atoms with E-state index >= 15 is 0 Å². The van der Waals surface area contributed by atoms with Crippen LogP contribution in [-0.4, -0.2) is 18.7 Å². The van der Waals surface area contributed by atoms with Crippen molar-refractivity contribution in [2.45, 2.75) is 13.3 Å². The average molecular weight is 402 g/mol. The second-order valence-electron chi connectivity index (χ2n) is 5.93. The summed E-state index contributed by atoms with van der Waals surface area (Å²) in [6, 6.07) is 12.6. The lowest BCUT2D eigenvalue weighted by Gasteiger charge is -2.10. The van der Waals surface area contributed by atoms with E-state index in [1.165, 1.54) is 0 Å². The molecule has 2 rings (SSSR count). The Morgan fingerprint density at radius 1 is 1.22 bits per heavy atom. The van der Waals surface area contributed by atoms with E-state index in [2.05, 4.69) is 16.9 Å². The first-order chi connectivity index (χ1) is 12.9. The van der Waals surface area contributed by atoms with E-state index in [0.717, 1.165) is 5.56 Å². The van der Waals surface area contributed by atoms with Crippen molar-refractivity contribution in [1.29, 1.82) is 0 Å². The first kappa shape index (κ1) is 20.7. The molecule has 0 saturated carbocycles. The fourth-order valence-corrected chi connectivity index (χ4v) is 2.76. The molecular formula is C21H21Cl2N3O. The Bertz CT molecular complexity index is 904. The van der Waals surface area contributed by atoms with Crippen molar-refractivity contribution >= 4 is 41.0 Å². The van der Waals surface area contributed by atoms with Crippen LogP contribution < -0.4 is 11.1 Å². The lowest BCUT2D eigenvalue weighted by molar-refractivity contribution is 0.0954. The van der Waals surface area contributed by atoms with Gasteiger partial charge in [0, 0.05) is 29.2 Å². The van der Waals surface area contributed by atoms with Gasteiger partial charge in [-0.3, -0.25) is 9.79 Å². The van der Waals surface area contributed by atoms with E-state index in [9.17, 15) is 4.79 Å². The smallest absolute Gasteiger partial charge is 0.252 e. The molecule has 0 aromatic heterocycles. The van der Waals surface area contributed by atoms with Crippen LogP contribution in [0.2, 0.25) is 10.0 Å². The number of rotatable bonds is 7. The van der Waals surface area contributed by atoms with Gasteiger partial charge in [-0.25, -0.2) is 0 Å². The molecule has 0 saturated heterocycles. The quantitative estimate of drug-likeness (QED) is 0.649. The molecule has 27 heavy (non-hydrogen) atoms. The highest BCUT2D eigenvalue weighted by Crippen LogP contribution is 2.20. The van der Waals surface area contributed by atoms with E-state index < -0.39 is 0 Å². The Kier molecular flexibility index (Phi) is 7.65. The second-order valence-corrected chi connectivity index (χ2v) is 6.74. The van der Waals surface area contributed by atoms with Crippen molar-refractivity contribution in [3.8, 4) is 0 Å². The summed E-state index contributed by atoms with van der Waals surface area (Å²) in [4.78, 5) is 16.5. The monoisotopic (exact) mass is 401 g/mol. The number of hydrogen-bond acceptors (Lipinski definition) is 3. The zero-order valence-electron chi connectivity index (χ0n) is 15.0. The first-order valence-electron chi connectivity index (χ1n) is 8.35. The summed E-state index contributed by atoms with van der Waals surface area (Å²) in [6.45, 7) is 5.91. The van der Waals surface area contributed by atoms with Gasteiger partial charge in [0.15, 0.2) is 0 Å². The van der Waals surface area contributed by atoms with E-state index in [-0.39, 0.29) is 5.91 Å². The molecular weight excluding hydrogens is 381 g/mol. The third-order valence-corrected chi connectivity index (χ3v) is 4.43. The summed E-state index contributed by atoms with van der Waals surface area (Å²) >= 11 is 12.3. The normalized spacial score (nSPS) is 11.6. The highest BCUT2D eigenvalue weighted by molar-refractivity contribution is 6.34. The summed E-state index contributed by atoms with van der Waals surface area (Å²) in [6.07, 6.45) is 3.84. The summed E-state index contributed by atoms with van der Waals surface area (Å²) in [5.41, 5.74) is 9.21. The largest absolute Gasteiger partial charge is 0.398 e. The highest BCUT2D eigenvalue weighted by Gasteiger charge is 2.12. The molecule has 0 radical (unpaired) electrons. The first-order valence-corrected chi connectivity index (χ1v) is 9.11. The van der Waals surface area contributed by atoms with Crippen LogP contribution in [0.5, 0.6) is 0 Å². The molecule has 0 aliphatic carbocycles. The maximum Gasteiger partial charge on any atom is 0.252 e. The molecule has 1 amide bonds. The molecule has 0 aliphatic rings. The number of nitrogens with one attached hydrogen (secondary N) is 1. The molecule has 4 nitrogen and oxygen atoms in total. The summed E-state index contributed by atoms with van der Waals surface area (Å²) in [5, 5.41) is 3.90. The van der Waals surface area contributed by atoms with Gasteiger partial charge in [-0.1, -0.05) is 54.0 Å². The molecule has 3 N–H and O–H groups in total. The van der Waals surface area contributed by atoms with Crippen molar-refractivity contribution < 1.29 is 4.79 Å². The minimum atomic E-state index is -0.266. The molecule has 0 bridgehead atoms. The van der Waals surface area contributed by atoms with Crippen LogP contribution in [-0.2, 0) is 6.42 Å². The number of carbonyl (C=O) groups is 1. The zero-order valence-corrected chi connectivity index (χ0v) is 16.5. The highest BCUT2D eigenvalue weighted by atomic mass is 35.5. The molecule has 140 valence electrons. The van der Waals surface area contributed by atoms with E-state index in [4.69, 9.17) is 28.9 Å². The molecule has 0 aliphatic heterocycles. The zero-order chi connectivity index (χ0) is 19.8. The number of nitrogens with two attached hydrogens (primary N) is 1. The van der Waals surface area contributed by atoms with Crippen LogP contribution in [0, 0.1) is 0 Å². The Hall–Kier alpha value is -2.56. The van der Waals surface area contributed by atoms with Crippen molar-refractivity contribution in [3.63, 3.8) is 0 Å². The number of amides is 1. The minimum Gasteiger partial charge on any atom is -0.398 e. The fraction of sp³-hybridized carbons (Fsp3) is 0.143. The molecule has 6 heteroatoms. The Balaban J connectivity index is 2.07. The van der Waals surface area contributed by atoms with Crippen molar-refractivity contribution in [3.05, 3.63) is 87.6 Å². The van der Waals surface area contributed by atoms with Crippen LogP contribution in [0.4, 0.5) is 0 Å². The molecule has 0 spiro atoms. The maximum atomic E-state index is 12.5. The van der Waals surface area contributed by atoms with Gasteiger partial charge in [-0.2, -0.15) is 0 Å². The SMILES string of the molecule is C=C(C)N=C/C=C(\N)c1ccc(Cl)c(C(=O)NCCc2ccccc2Cl)c1. The van der Waals surface area contributed by atoms with Crippen LogP contribution in [0.25, 0.3) is 5.70 Å². The molecule has 0 atom stereocenters. The maximum absolute atomic E-state index is 12.5. The Morgan fingerprint density at radius 2 is 1.96 bits per heavy atom. The number of hydrogen-bond donors (Lipinski definition) is 2. The van der Waals surface area contributed by atoms with Gasteiger partial charge in [0.05, 0.1) is 10.6 Å². The third-order valence-electron chi connectivity index (χ3n) is 3.73. The van der Waals surface area contributed by atoms with Crippen molar-refractivity contribution in [2.75, 3.05) is 6.54 Å². The minimum absolute atomic E-state index is 0.266. The van der Waals surface area contributed by atoms with Crippen molar-refractivity contribution in [1.82, 2.24) is 5.32 Å². The average Bonchev–Trinajstić information content (AvgIpc) is 2.63. The number of benzene rings is 2. The number of nitrogens with zero attached hydrogens (tertiary/aromatic N) is 1. The van der Waals surface area contributed by atoms with Crippen LogP contribution in [0.15, 0.2) is 65.8 Å². The van der Waals surface area contributed by atoms with E-state index in [0.29, 0.717) is 45.5 Å². The van der Waals surface area contributed by atoms with Crippen LogP contribution in [0.1, 0.15) is 28.4 Å². The summed E-state index contributed by atoms with van der Waals surface area (Å²) in [5.74, 6) is -0.266. The molecule has 0 unspecified atom stereocenters. The predicted molar refractivity (Wildman–Crippen MR) is 114 cm³/mol. The molecule has 2 aromatic rings. The van der Waals surface area contributed by atoms with Gasteiger partial charge in [0.1, 0.15) is 0 Å². The van der Waals surface area contributed by atoms with Gasteiger partial charge in [0.25, 0.3) is 5.91 Å². The van der Waals surface area contributed by atoms with Gasteiger partial charge >= 0.3 is 0 Å². The summed E-state index contributed by atoms with van der Waals surface area (Å²) in [7, 11) is 0. The molecule has 0 fully saturated rings. The van der Waals surface area contributed by atoms with Crippen LogP contribution >= 0.6 is 23.2 Å². The fourth-order valence-electron chi connectivity index (χ4n) is 2.33. The lowest BCUT2D eigenvalue weighted by Crippen LogP contribution is -2.26. The summed E-state index contributed by atoms with van der Waals surface area (Å²) < 4.78 is 0. The number of halogens is 2. The predicted octanol–water partition coefficient (Wildman–Crippen LogP) is 4.87. The van der Waals surface area contributed by atoms with Gasteiger partial charge in [0.2, 0.25) is 0 Å². The number of carbonyl (C=O) groups excluding carboxylic acids is 1. The third kappa shape index (κ3) is 6.27. The van der Waals surface area contributed by atoms with E-state index in [1.54, 1.807) is 37.4 Å². The lowest BCUT2D eigenvalue weighted by atomic mass is 10.1. The van der Waals surface area contributed by atoms with Gasteiger partial charge < -0.3 is 11.1 Å². The van der Waals surface area contributed by atoms with Gasteiger partial charge in [-0.15, -0.1) is 0 Å². The molecule has 2 aromatic carbocycles. The van der Waals surface area contributed by atoms with Gasteiger partial charge in [-0.05, 0) is 48.7 Å². The number of allylic oxidation sites excluding steroid dienone is 2. The van der Waals surface area contributed by atoms with Crippen molar-refractivity contribution in [2.24, 2.45) is 10.7 Å². The van der Waals surface area contributed by atoms with Crippen LogP contribution in [0.3, 0.4) is 0 Å². The topological polar surface area (TPSA) is 67.5 Å². The second kappa shape index (κ2) is 9.95. The molecule has 0 heterocycles. The Labute approximate surface area is 169 Å². The Morgan fingerprint density at radius 3 is 2.67 bits per heavy atom. The number of aliphatic imine (C=N–C) groups is 1. The standard InChI is InChI=1S/C21H21Cl2N3O/c1-14(2)25-12-10-20(24)16-7-8-19(23)17(13-16)21(27)26-11-9-15-5-3-4-6-18(15)22/h3-8,10,12-13H,1,9,11,24H2,2H3,(H,26,27)/b20-10-,25-12?. The van der Waals surface area contributed by atoms with E-state index in [1.807, 2.05) is 24.3 Å².